The molecule has 0 aliphatic carbocycles. The van der Waals surface area contributed by atoms with E-state index in [9.17, 15) is 12.8 Å². The van der Waals surface area contributed by atoms with Crippen LogP contribution in [0.1, 0.15) is 0 Å². The lowest BCUT2D eigenvalue weighted by atomic mass is 10.3. The highest BCUT2D eigenvalue weighted by Gasteiger charge is 2.18. The molecule has 0 bridgehead atoms. The average Bonchev–Trinajstić information content (AvgIpc) is 2.38. The molecule has 0 aliphatic heterocycles. The molecule has 1 N–H and O–H groups in total. The van der Waals surface area contributed by atoms with Gasteiger partial charge in [-0.05, 0) is 18.2 Å². The van der Waals surface area contributed by atoms with Gasteiger partial charge in [-0.3, -0.25) is 4.72 Å². The molecule has 0 spiro atoms. The first-order chi connectivity index (χ1) is 9.70. The van der Waals surface area contributed by atoms with E-state index in [1.807, 2.05) is 0 Å². The lowest BCUT2D eigenvalue weighted by Crippen LogP contribution is -2.13. The number of hydrogen-bond acceptors (Lipinski definition) is 3. The van der Waals surface area contributed by atoms with E-state index in [-0.39, 0.29) is 30.8 Å². The van der Waals surface area contributed by atoms with Gasteiger partial charge in [-0.25, -0.2) is 17.8 Å². The van der Waals surface area contributed by atoms with Crippen LogP contribution in [0.25, 0.3) is 0 Å². The Hall–Kier alpha value is -0.790. The van der Waals surface area contributed by atoms with E-state index in [0.29, 0.717) is 0 Å². The maximum Gasteiger partial charge on any atom is 0.263 e. The van der Waals surface area contributed by atoms with Gasteiger partial charge in [0.2, 0.25) is 0 Å². The number of anilines is 1. The summed E-state index contributed by atoms with van der Waals surface area (Å²) in [7, 11) is -3.99. The van der Waals surface area contributed by atoms with Crippen LogP contribution in [0.5, 0.6) is 0 Å². The molecule has 0 fully saturated rings. The van der Waals surface area contributed by atoms with Crippen molar-refractivity contribution in [2.45, 2.75) is 4.90 Å². The number of sulfonamides is 1. The van der Waals surface area contributed by atoms with Crippen LogP contribution >= 0.6 is 46.4 Å². The zero-order chi connectivity index (χ0) is 15.8. The van der Waals surface area contributed by atoms with E-state index >= 15 is 0 Å². The van der Waals surface area contributed by atoms with Crippen molar-refractivity contribution in [3.63, 3.8) is 0 Å². The van der Waals surface area contributed by atoms with Gasteiger partial charge >= 0.3 is 0 Å². The van der Waals surface area contributed by atoms with Gasteiger partial charge in [0.1, 0.15) is 10.0 Å². The van der Waals surface area contributed by atoms with Gasteiger partial charge < -0.3 is 0 Å². The van der Waals surface area contributed by atoms with Crippen molar-refractivity contribution in [1.29, 1.82) is 0 Å². The molecular weight excluding hydrogens is 385 g/mol. The molecule has 0 amide bonds. The molecule has 0 aliphatic rings. The molecule has 1 heterocycles. The highest BCUT2D eigenvalue weighted by molar-refractivity contribution is 7.92. The van der Waals surface area contributed by atoms with Crippen molar-refractivity contribution in [3.05, 3.63) is 50.4 Å². The fourth-order valence-electron chi connectivity index (χ4n) is 1.38. The highest BCUT2D eigenvalue weighted by Crippen LogP contribution is 2.29. The molecule has 10 heteroatoms. The lowest BCUT2D eigenvalue weighted by Gasteiger charge is -2.09. The summed E-state index contributed by atoms with van der Waals surface area (Å²) in [5.41, 5.74) is -0.00234. The molecule has 4 nitrogen and oxygen atoms in total. The minimum absolute atomic E-state index is 0.00234. The third-order valence-electron chi connectivity index (χ3n) is 2.32. The van der Waals surface area contributed by atoms with Crippen LogP contribution in [0, 0.1) is 5.82 Å². The molecular formula is C11H5Cl4FN2O2S. The molecule has 1 aromatic carbocycles. The number of halogens is 5. The van der Waals surface area contributed by atoms with Gasteiger partial charge in [0, 0.05) is 6.20 Å². The van der Waals surface area contributed by atoms with Crippen molar-refractivity contribution >= 4 is 62.1 Å². The van der Waals surface area contributed by atoms with E-state index in [1.165, 1.54) is 0 Å². The summed E-state index contributed by atoms with van der Waals surface area (Å²) in [6, 6.07) is 3.31. The Morgan fingerprint density at radius 2 is 1.57 bits per heavy atom. The Morgan fingerprint density at radius 3 is 2.10 bits per heavy atom. The fraction of sp³-hybridized carbons (Fsp3) is 0. The lowest BCUT2D eigenvalue weighted by molar-refractivity contribution is 0.600. The number of benzene rings is 1. The molecule has 112 valence electrons. The van der Waals surface area contributed by atoms with Crippen LogP contribution in [-0.2, 0) is 10.0 Å². The van der Waals surface area contributed by atoms with Crippen LogP contribution in [-0.4, -0.2) is 13.4 Å². The summed E-state index contributed by atoms with van der Waals surface area (Å²) in [6.07, 6.45) is 1.03. The Morgan fingerprint density at radius 1 is 1.00 bits per heavy atom. The van der Waals surface area contributed by atoms with Gasteiger partial charge in [0.25, 0.3) is 10.0 Å². The van der Waals surface area contributed by atoms with E-state index < -0.39 is 15.8 Å². The molecule has 21 heavy (non-hydrogen) atoms. The summed E-state index contributed by atoms with van der Waals surface area (Å²) in [6.45, 7) is 0. The Bertz CT molecular complexity index is 791. The number of pyridine rings is 1. The minimum Gasteiger partial charge on any atom is -0.279 e. The first-order valence-corrected chi connectivity index (χ1v) is 8.18. The van der Waals surface area contributed by atoms with E-state index in [2.05, 4.69) is 9.71 Å². The second kappa shape index (κ2) is 6.14. The Balaban J connectivity index is 2.39. The second-order valence-corrected chi connectivity index (χ2v) is 7.07. The van der Waals surface area contributed by atoms with E-state index in [1.54, 1.807) is 0 Å². The molecule has 0 atom stereocenters. The number of nitrogens with one attached hydrogen (secondary N) is 1. The van der Waals surface area contributed by atoms with E-state index in [0.717, 1.165) is 24.4 Å². The van der Waals surface area contributed by atoms with Gasteiger partial charge in [0.15, 0.2) is 5.82 Å². The van der Waals surface area contributed by atoms with Crippen LogP contribution < -0.4 is 4.72 Å². The van der Waals surface area contributed by atoms with Gasteiger partial charge in [-0.1, -0.05) is 46.4 Å². The normalized spacial score (nSPS) is 11.5. The molecule has 0 unspecified atom stereocenters. The maximum atomic E-state index is 13.3. The van der Waals surface area contributed by atoms with Crippen molar-refractivity contribution in [2.75, 3.05) is 4.72 Å². The van der Waals surface area contributed by atoms with Crippen LogP contribution in [0.4, 0.5) is 10.1 Å². The Labute approximate surface area is 139 Å². The number of rotatable bonds is 3. The molecule has 2 rings (SSSR count). The van der Waals surface area contributed by atoms with Crippen molar-refractivity contribution in [3.8, 4) is 0 Å². The zero-order valence-corrected chi connectivity index (χ0v) is 13.7. The average molecular weight is 390 g/mol. The van der Waals surface area contributed by atoms with Gasteiger partial charge in [0.05, 0.1) is 20.8 Å². The Kier molecular flexibility index (Phi) is 4.85. The molecule has 0 saturated carbocycles. The highest BCUT2D eigenvalue weighted by atomic mass is 35.5. The monoisotopic (exact) mass is 388 g/mol. The first kappa shape index (κ1) is 16.6. The standard InChI is InChI=1S/C11H5Cl4FN2O2S/c12-7-1-5(2-8(13)10(7)16)18-21(19,20)6-3-9(14)11(15)17-4-6/h1-4,18H. The smallest absolute Gasteiger partial charge is 0.263 e. The first-order valence-electron chi connectivity index (χ1n) is 5.19. The van der Waals surface area contributed by atoms with Crippen molar-refractivity contribution < 1.29 is 12.8 Å². The third kappa shape index (κ3) is 3.70. The van der Waals surface area contributed by atoms with Gasteiger partial charge in [-0.2, -0.15) is 0 Å². The quantitative estimate of drug-likeness (QED) is 0.614. The van der Waals surface area contributed by atoms with Crippen LogP contribution in [0.2, 0.25) is 20.2 Å². The SMILES string of the molecule is O=S(=O)(Nc1cc(Cl)c(F)c(Cl)c1)c1cnc(Cl)c(Cl)c1. The summed E-state index contributed by atoms with van der Waals surface area (Å²) >= 11 is 22.5. The molecule has 0 saturated heterocycles. The summed E-state index contributed by atoms with van der Waals surface area (Å²) in [4.78, 5) is 3.42. The fourth-order valence-corrected chi connectivity index (χ4v) is 3.21. The topological polar surface area (TPSA) is 59.1 Å². The largest absolute Gasteiger partial charge is 0.279 e. The molecule has 1 aromatic heterocycles. The number of nitrogens with zero attached hydrogens (tertiary/aromatic N) is 1. The second-order valence-electron chi connectivity index (χ2n) is 3.80. The maximum absolute atomic E-state index is 13.3. The van der Waals surface area contributed by atoms with Crippen LogP contribution in [0.3, 0.4) is 0 Å². The summed E-state index contributed by atoms with van der Waals surface area (Å²) < 4.78 is 39.7. The number of hydrogen-bond donors (Lipinski definition) is 1. The van der Waals surface area contributed by atoms with Crippen LogP contribution in [0.15, 0.2) is 29.3 Å². The predicted molar refractivity (Wildman–Crippen MR) is 81.5 cm³/mol. The molecule has 0 radical (unpaired) electrons. The third-order valence-corrected chi connectivity index (χ3v) is 4.90. The van der Waals surface area contributed by atoms with Crippen molar-refractivity contribution in [2.24, 2.45) is 0 Å². The number of aromatic nitrogens is 1. The van der Waals surface area contributed by atoms with E-state index in [4.69, 9.17) is 46.4 Å². The summed E-state index contributed by atoms with van der Waals surface area (Å²) in [5.74, 6) is -0.836. The van der Waals surface area contributed by atoms with Crippen molar-refractivity contribution in [1.82, 2.24) is 4.98 Å². The zero-order valence-electron chi connectivity index (χ0n) is 9.87. The summed E-state index contributed by atoms with van der Waals surface area (Å²) in [5, 5.41) is -0.668. The molecule has 2 aromatic rings. The minimum atomic E-state index is -3.99. The van der Waals surface area contributed by atoms with Gasteiger partial charge in [-0.15, -0.1) is 0 Å². The predicted octanol–water partition coefficient (Wildman–Crippen LogP) is 4.64.